The second kappa shape index (κ2) is 4.95. The van der Waals surface area contributed by atoms with Gasteiger partial charge < -0.3 is 15.2 Å². The van der Waals surface area contributed by atoms with E-state index in [4.69, 9.17) is 15.2 Å². The van der Waals surface area contributed by atoms with E-state index in [0.29, 0.717) is 19.0 Å². The third-order valence-electron chi connectivity index (χ3n) is 3.42. The summed E-state index contributed by atoms with van der Waals surface area (Å²) in [6.45, 7) is 7.32. The Balaban J connectivity index is 1.80. The molecule has 0 amide bonds. The summed E-state index contributed by atoms with van der Waals surface area (Å²) in [7, 11) is 0. The number of ether oxygens (including phenoxy) is 2. The number of rotatable bonds is 2. The molecule has 0 bridgehead atoms. The Bertz CT molecular complexity index is 645. The Morgan fingerprint density at radius 3 is 2.71 bits per heavy atom. The molecule has 2 heterocycles. The molecule has 0 saturated heterocycles. The molecule has 0 fully saturated rings. The summed E-state index contributed by atoms with van der Waals surface area (Å²) in [5.74, 6) is 2.02. The van der Waals surface area contributed by atoms with Crippen LogP contribution in [0.1, 0.15) is 26.5 Å². The fourth-order valence-electron chi connectivity index (χ4n) is 2.57. The molecule has 6 nitrogen and oxygen atoms in total. The molecule has 3 rings (SSSR count). The van der Waals surface area contributed by atoms with Crippen LogP contribution in [-0.2, 0) is 12.0 Å². The predicted octanol–water partition coefficient (Wildman–Crippen LogP) is 2.00. The van der Waals surface area contributed by atoms with Crippen LogP contribution in [-0.4, -0.2) is 27.7 Å². The highest BCUT2D eigenvalue weighted by molar-refractivity contribution is 5.41. The van der Waals surface area contributed by atoms with E-state index in [2.05, 4.69) is 31.1 Å². The van der Waals surface area contributed by atoms with Gasteiger partial charge in [-0.05, 0) is 12.1 Å². The molecule has 6 heteroatoms. The predicted molar refractivity (Wildman–Crippen MR) is 79.5 cm³/mol. The van der Waals surface area contributed by atoms with Crippen LogP contribution in [0.3, 0.4) is 0 Å². The van der Waals surface area contributed by atoms with Gasteiger partial charge in [-0.15, -0.1) is 5.10 Å². The molecule has 21 heavy (non-hydrogen) atoms. The summed E-state index contributed by atoms with van der Waals surface area (Å²) in [4.78, 5) is 0. The van der Waals surface area contributed by atoms with Crippen LogP contribution in [0, 0.1) is 0 Å². The zero-order valence-electron chi connectivity index (χ0n) is 12.5. The van der Waals surface area contributed by atoms with Gasteiger partial charge in [0.05, 0.1) is 12.2 Å². The van der Waals surface area contributed by atoms with E-state index in [1.54, 1.807) is 0 Å². The van der Waals surface area contributed by atoms with Gasteiger partial charge in [0, 0.05) is 5.41 Å². The fourth-order valence-corrected chi connectivity index (χ4v) is 2.57. The third kappa shape index (κ3) is 2.66. The number of nitrogens with zero attached hydrogens (tertiary/aromatic N) is 3. The van der Waals surface area contributed by atoms with E-state index in [1.165, 1.54) is 0 Å². The zero-order chi connectivity index (χ0) is 15.0. The molecule has 1 aromatic carbocycles. The van der Waals surface area contributed by atoms with Gasteiger partial charge >= 0.3 is 0 Å². The molecule has 1 aliphatic rings. The molecular weight excluding hydrogens is 268 g/mol. The van der Waals surface area contributed by atoms with E-state index in [9.17, 15) is 0 Å². The third-order valence-corrected chi connectivity index (χ3v) is 3.42. The zero-order valence-corrected chi connectivity index (χ0v) is 12.5. The lowest BCUT2D eigenvalue weighted by molar-refractivity contribution is 0.0742. The molecule has 2 aromatic rings. The van der Waals surface area contributed by atoms with Crippen LogP contribution in [0.2, 0.25) is 0 Å². The van der Waals surface area contributed by atoms with Gasteiger partial charge in [0.25, 0.3) is 0 Å². The maximum absolute atomic E-state index is 5.96. The van der Waals surface area contributed by atoms with E-state index < -0.39 is 0 Å². The number of aromatic nitrogens is 3. The van der Waals surface area contributed by atoms with E-state index in [-0.39, 0.29) is 11.5 Å². The standard InChI is InChI=1S/C15H20N4O2/c1-15(2,3)13-14(16)17-18-19(13)8-10-9-20-11-6-4-5-7-12(11)21-10/h4-7,10H,8-9,16H2,1-3H3. The SMILES string of the molecule is CC(C)(C)c1c(N)nnn1CC1COc2ccccc2O1. The van der Waals surface area contributed by atoms with Gasteiger partial charge in [0.1, 0.15) is 6.61 Å². The number of para-hydroxylation sites is 2. The van der Waals surface area contributed by atoms with Crippen molar-refractivity contribution in [3.8, 4) is 11.5 Å². The lowest BCUT2D eigenvalue weighted by Crippen LogP contribution is -2.35. The fraction of sp³-hybridized carbons (Fsp3) is 0.467. The number of hydrogen-bond donors (Lipinski definition) is 1. The molecule has 1 aliphatic heterocycles. The van der Waals surface area contributed by atoms with E-state index >= 15 is 0 Å². The summed E-state index contributed by atoms with van der Waals surface area (Å²) in [5.41, 5.74) is 6.74. The number of benzene rings is 1. The van der Waals surface area contributed by atoms with Crippen molar-refractivity contribution in [3.63, 3.8) is 0 Å². The summed E-state index contributed by atoms with van der Waals surface area (Å²) >= 11 is 0. The summed E-state index contributed by atoms with van der Waals surface area (Å²) in [6, 6.07) is 7.67. The van der Waals surface area contributed by atoms with E-state index in [1.807, 2.05) is 28.9 Å². The van der Waals surface area contributed by atoms with E-state index in [0.717, 1.165) is 17.2 Å². The quantitative estimate of drug-likeness (QED) is 0.914. The van der Waals surface area contributed by atoms with Gasteiger partial charge in [-0.25, -0.2) is 4.68 Å². The number of hydrogen-bond acceptors (Lipinski definition) is 5. The monoisotopic (exact) mass is 288 g/mol. The van der Waals surface area contributed by atoms with Crippen molar-refractivity contribution >= 4 is 5.82 Å². The van der Waals surface area contributed by atoms with Gasteiger partial charge in [-0.1, -0.05) is 38.1 Å². The first-order valence-corrected chi connectivity index (χ1v) is 7.03. The van der Waals surface area contributed by atoms with Crippen molar-refractivity contribution < 1.29 is 9.47 Å². The minimum atomic E-state index is -0.124. The molecular formula is C15H20N4O2. The lowest BCUT2D eigenvalue weighted by atomic mass is 9.92. The highest BCUT2D eigenvalue weighted by Gasteiger charge is 2.28. The Labute approximate surface area is 123 Å². The topological polar surface area (TPSA) is 75.2 Å². The van der Waals surface area contributed by atoms with Gasteiger partial charge in [-0.3, -0.25) is 0 Å². The van der Waals surface area contributed by atoms with Crippen molar-refractivity contribution in [2.45, 2.75) is 38.8 Å². The number of nitrogen functional groups attached to an aromatic ring is 1. The average molecular weight is 288 g/mol. The van der Waals surface area contributed by atoms with Crippen LogP contribution >= 0.6 is 0 Å². The van der Waals surface area contributed by atoms with Crippen LogP contribution < -0.4 is 15.2 Å². The minimum absolute atomic E-state index is 0.109. The normalized spacial score (nSPS) is 17.8. The number of nitrogens with two attached hydrogens (primary N) is 1. The maximum Gasteiger partial charge on any atom is 0.169 e. The molecule has 1 aromatic heterocycles. The smallest absolute Gasteiger partial charge is 0.169 e. The molecule has 0 radical (unpaired) electrons. The molecule has 1 atom stereocenters. The van der Waals surface area contributed by atoms with Gasteiger partial charge in [-0.2, -0.15) is 0 Å². The Morgan fingerprint density at radius 1 is 1.29 bits per heavy atom. The largest absolute Gasteiger partial charge is 0.486 e. The van der Waals surface area contributed by atoms with Gasteiger partial charge in [0.15, 0.2) is 23.4 Å². The van der Waals surface area contributed by atoms with Crippen molar-refractivity contribution in [2.75, 3.05) is 12.3 Å². The Kier molecular flexibility index (Phi) is 3.23. The van der Waals surface area contributed by atoms with Crippen molar-refractivity contribution in [1.82, 2.24) is 15.0 Å². The highest BCUT2D eigenvalue weighted by atomic mass is 16.6. The van der Waals surface area contributed by atoms with Crippen LogP contribution in [0.5, 0.6) is 11.5 Å². The maximum atomic E-state index is 5.96. The molecule has 1 unspecified atom stereocenters. The van der Waals surface area contributed by atoms with Crippen LogP contribution in [0.25, 0.3) is 0 Å². The number of anilines is 1. The summed E-state index contributed by atoms with van der Waals surface area (Å²) in [5, 5.41) is 8.13. The summed E-state index contributed by atoms with van der Waals surface area (Å²) in [6.07, 6.45) is -0.109. The van der Waals surface area contributed by atoms with Crippen molar-refractivity contribution in [3.05, 3.63) is 30.0 Å². The summed E-state index contributed by atoms with van der Waals surface area (Å²) < 4.78 is 13.5. The first-order valence-electron chi connectivity index (χ1n) is 7.03. The van der Waals surface area contributed by atoms with Crippen molar-refractivity contribution in [2.24, 2.45) is 0 Å². The highest BCUT2D eigenvalue weighted by Crippen LogP contribution is 2.32. The Morgan fingerprint density at radius 2 is 2.00 bits per heavy atom. The minimum Gasteiger partial charge on any atom is -0.486 e. The first-order chi connectivity index (χ1) is 9.95. The van der Waals surface area contributed by atoms with Crippen LogP contribution in [0.4, 0.5) is 5.82 Å². The number of fused-ring (bicyclic) bond motifs is 1. The molecule has 0 saturated carbocycles. The van der Waals surface area contributed by atoms with Crippen LogP contribution in [0.15, 0.2) is 24.3 Å². The second-order valence-corrected chi connectivity index (χ2v) is 6.25. The second-order valence-electron chi connectivity index (χ2n) is 6.25. The Hall–Kier alpha value is -2.24. The molecule has 112 valence electrons. The molecule has 0 aliphatic carbocycles. The van der Waals surface area contributed by atoms with Crippen molar-refractivity contribution in [1.29, 1.82) is 0 Å². The lowest BCUT2D eigenvalue weighted by Gasteiger charge is -2.28. The van der Waals surface area contributed by atoms with Gasteiger partial charge in [0.2, 0.25) is 0 Å². The molecule has 0 spiro atoms. The average Bonchev–Trinajstić information content (AvgIpc) is 2.79. The first kappa shape index (κ1) is 13.7. The molecule has 2 N–H and O–H groups in total.